The van der Waals surface area contributed by atoms with Crippen molar-refractivity contribution < 1.29 is 9.64 Å². The summed E-state index contributed by atoms with van der Waals surface area (Å²) in [4.78, 5) is 1.31. The van der Waals surface area contributed by atoms with Gasteiger partial charge in [-0.3, -0.25) is 0 Å². The lowest BCUT2D eigenvalue weighted by molar-refractivity contribution is -0.890. The Hall–Kier alpha value is -2.11. The van der Waals surface area contributed by atoms with E-state index in [0.29, 0.717) is 5.11 Å². The molecule has 0 radical (unpaired) electrons. The molecular formula is C20H28N3OS+. The lowest BCUT2D eigenvalue weighted by Crippen LogP contribution is -3.07. The molecule has 0 bridgehead atoms. The molecule has 0 amide bonds. The second-order valence-electron chi connectivity index (χ2n) is 6.26. The summed E-state index contributed by atoms with van der Waals surface area (Å²) in [5.41, 5.74) is 3.49. The molecule has 0 spiro atoms. The first kappa shape index (κ1) is 19.2. The van der Waals surface area contributed by atoms with Crippen LogP contribution in [0.25, 0.3) is 0 Å². The van der Waals surface area contributed by atoms with Crippen molar-refractivity contribution in [2.24, 2.45) is 0 Å². The van der Waals surface area contributed by atoms with Crippen molar-refractivity contribution in [1.29, 1.82) is 0 Å². The minimum atomic E-state index is 0.235. The number of anilines is 1. The molecule has 0 aliphatic rings. The van der Waals surface area contributed by atoms with Crippen molar-refractivity contribution >= 4 is 23.0 Å². The lowest BCUT2D eigenvalue weighted by atomic mass is 10.0. The largest absolute Gasteiger partial charge is 0.496 e. The van der Waals surface area contributed by atoms with Gasteiger partial charge in [-0.15, -0.1) is 0 Å². The van der Waals surface area contributed by atoms with Crippen LogP contribution in [0.5, 0.6) is 5.75 Å². The minimum absolute atomic E-state index is 0.235. The Bertz CT molecular complexity index is 686. The maximum absolute atomic E-state index is 5.51. The minimum Gasteiger partial charge on any atom is -0.496 e. The summed E-state index contributed by atoms with van der Waals surface area (Å²) in [5.74, 6) is 0.907. The van der Waals surface area contributed by atoms with Crippen molar-refractivity contribution in [3.8, 4) is 5.75 Å². The van der Waals surface area contributed by atoms with Gasteiger partial charge in [0.25, 0.3) is 0 Å². The Morgan fingerprint density at radius 1 is 1.12 bits per heavy atom. The van der Waals surface area contributed by atoms with Crippen molar-refractivity contribution in [2.45, 2.75) is 19.4 Å². The van der Waals surface area contributed by atoms with Crippen LogP contribution in [0.4, 0.5) is 5.69 Å². The number of ether oxygens (including phenoxy) is 1. The highest BCUT2D eigenvalue weighted by Crippen LogP contribution is 2.22. The Balaban J connectivity index is 1.99. The number of likely N-dealkylation sites (N-methyl/N-ethyl adjacent to an activating group) is 1. The van der Waals surface area contributed by atoms with Crippen molar-refractivity contribution in [2.75, 3.05) is 33.1 Å². The van der Waals surface area contributed by atoms with Gasteiger partial charge in [0.15, 0.2) is 5.11 Å². The van der Waals surface area contributed by atoms with Crippen LogP contribution in [0, 0.1) is 0 Å². The molecule has 2 aromatic rings. The maximum Gasteiger partial charge on any atom is 0.171 e. The lowest BCUT2D eigenvalue weighted by Gasteiger charge is -2.24. The number of quaternary nitrogens is 1. The van der Waals surface area contributed by atoms with Crippen LogP contribution in [-0.2, 0) is 6.42 Å². The Kier molecular flexibility index (Phi) is 7.22. The molecule has 1 atom stereocenters. The zero-order valence-corrected chi connectivity index (χ0v) is 16.2. The number of aryl methyl sites for hydroxylation is 1. The average Bonchev–Trinajstić information content (AvgIpc) is 2.62. The summed E-state index contributed by atoms with van der Waals surface area (Å²) in [6.45, 7) is 2.87. The van der Waals surface area contributed by atoms with Gasteiger partial charge in [-0.2, -0.15) is 0 Å². The van der Waals surface area contributed by atoms with E-state index in [4.69, 9.17) is 17.0 Å². The summed E-state index contributed by atoms with van der Waals surface area (Å²) < 4.78 is 5.51. The van der Waals surface area contributed by atoms with E-state index >= 15 is 0 Å². The number of methoxy groups -OCH3 is 1. The second kappa shape index (κ2) is 9.39. The van der Waals surface area contributed by atoms with Gasteiger partial charge < -0.3 is 20.3 Å². The molecule has 4 nitrogen and oxygen atoms in total. The molecule has 0 aliphatic carbocycles. The number of hydrogen-bond donors (Lipinski definition) is 3. The van der Waals surface area contributed by atoms with Crippen LogP contribution >= 0.6 is 12.2 Å². The first-order valence-electron chi connectivity index (χ1n) is 8.62. The molecule has 0 aromatic heterocycles. The number of benzene rings is 2. The van der Waals surface area contributed by atoms with E-state index in [1.807, 2.05) is 18.2 Å². The van der Waals surface area contributed by atoms with E-state index < -0.39 is 0 Å². The molecule has 5 heteroatoms. The Labute approximate surface area is 156 Å². The zero-order valence-electron chi connectivity index (χ0n) is 15.4. The smallest absolute Gasteiger partial charge is 0.171 e. The van der Waals surface area contributed by atoms with Crippen molar-refractivity contribution in [3.63, 3.8) is 0 Å². The molecular weight excluding hydrogens is 330 g/mol. The molecule has 0 saturated heterocycles. The van der Waals surface area contributed by atoms with Crippen LogP contribution < -0.4 is 20.3 Å². The summed E-state index contributed by atoms with van der Waals surface area (Å²) in [6, 6.07) is 16.7. The number of rotatable bonds is 7. The van der Waals surface area contributed by atoms with Crippen molar-refractivity contribution in [1.82, 2.24) is 5.32 Å². The Morgan fingerprint density at radius 3 is 2.40 bits per heavy atom. The van der Waals surface area contributed by atoms with Gasteiger partial charge in [0, 0.05) is 5.69 Å². The van der Waals surface area contributed by atoms with Crippen LogP contribution in [0.15, 0.2) is 48.5 Å². The van der Waals surface area contributed by atoms with Gasteiger partial charge >= 0.3 is 0 Å². The number of thiocarbonyl (C=S) groups is 1. The summed E-state index contributed by atoms with van der Waals surface area (Å²) in [6.07, 6.45) is 1.04. The quantitative estimate of drug-likeness (QED) is 0.665. The SMILES string of the molecule is CCc1ccc(NC(=S)NC[C@H](c2ccccc2OC)[NH+](C)C)cc1. The second-order valence-corrected chi connectivity index (χ2v) is 6.67. The number of hydrogen-bond acceptors (Lipinski definition) is 2. The van der Waals surface area contributed by atoms with Gasteiger partial charge in [0.1, 0.15) is 11.8 Å². The fraction of sp³-hybridized carbons (Fsp3) is 0.350. The summed E-state index contributed by atoms with van der Waals surface area (Å²) in [7, 11) is 5.98. The van der Waals surface area contributed by atoms with Crippen LogP contribution in [0.1, 0.15) is 24.1 Å². The van der Waals surface area contributed by atoms with E-state index in [2.05, 4.69) is 62.0 Å². The third kappa shape index (κ3) is 5.44. The molecule has 0 fully saturated rings. The highest BCUT2D eigenvalue weighted by Gasteiger charge is 2.21. The highest BCUT2D eigenvalue weighted by atomic mass is 32.1. The van der Waals surface area contributed by atoms with Crippen LogP contribution in [0.2, 0.25) is 0 Å². The van der Waals surface area contributed by atoms with Gasteiger partial charge in [-0.05, 0) is 48.5 Å². The van der Waals surface area contributed by atoms with Crippen molar-refractivity contribution in [3.05, 3.63) is 59.7 Å². The standard InChI is InChI=1S/C20H27N3OS/c1-5-15-10-12-16(13-11-15)22-20(25)21-14-18(23(2)3)17-8-6-7-9-19(17)24-4/h6-13,18H,5,14H2,1-4H3,(H2,21,22,25)/p+1/t18-/m1/s1. The molecule has 0 saturated carbocycles. The molecule has 25 heavy (non-hydrogen) atoms. The fourth-order valence-corrected chi connectivity index (χ4v) is 2.97. The van der Waals surface area contributed by atoms with E-state index in [1.165, 1.54) is 16.0 Å². The predicted molar refractivity (Wildman–Crippen MR) is 109 cm³/mol. The summed E-state index contributed by atoms with van der Waals surface area (Å²) in [5, 5.41) is 7.21. The summed E-state index contributed by atoms with van der Waals surface area (Å²) >= 11 is 5.45. The number of para-hydroxylation sites is 1. The predicted octanol–water partition coefficient (Wildman–Crippen LogP) is 2.43. The van der Waals surface area contributed by atoms with Gasteiger partial charge in [-0.1, -0.05) is 31.2 Å². The third-order valence-corrected chi connectivity index (χ3v) is 4.54. The normalized spacial score (nSPS) is 11.9. The van der Waals surface area contributed by atoms with Gasteiger partial charge in [-0.25, -0.2) is 0 Å². The van der Waals surface area contributed by atoms with E-state index in [-0.39, 0.29) is 6.04 Å². The Morgan fingerprint density at radius 2 is 1.80 bits per heavy atom. The third-order valence-electron chi connectivity index (χ3n) is 4.30. The van der Waals surface area contributed by atoms with Crippen LogP contribution in [0.3, 0.4) is 0 Å². The average molecular weight is 359 g/mol. The molecule has 2 rings (SSSR count). The highest BCUT2D eigenvalue weighted by molar-refractivity contribution is 7.80. The first-order chi connectivity index (χ1) is 12.0. The van der Waals surface area contributed by atoms with Gasteiger partial charge in [0.2, 0.25) is 0 Å². The topological polar surface area (TPSA) is 37.7 Å². The molecule has 3 N–H and O–H groups in total. The molecule has 2 aromatic carbocycles. The zero-order chi connectivity index (χ0) is 18.2. The van der Waals surface area contributed by atoms with Gasteiger partial charge in [0.05, 0.1) is 33.3 Å². The molecule has 0 heterocycles. The van der Waals surface area contributed by atoms with Crippen LogP contribution in [-0.4, -0.2) is 32.9 Å². The molecule has 0 aliphatic heterocycles. The van der Waals surface area contributed by atoms with E-state index in [0.717, 1.165) is 24.4 Å². The monoisotopic (exact) mass is 358 g/mol. The molecule has 134 valence electrons. The van der Waals surface area contributed by atoms with E-state index in [1.54, 1.807) is 7.11 Å². The number of nitrogens with one attached hydrogen (secondary N) is 3. The fourth-order valence-electron chi connectivity index (χ4n) is 2.77. The first-order valence-corrected chi connectivity index (χ1v) is 9.02. The molecule has 0 unspecified atom stereocenters. The van der Waals surface area contributed by atoms with E-state index in [9.17, 15) is 0 Å². The maximum atomic E-state index is 5.51.